The summed E-state index contributed by atoms with van der Waals surface area (Å²) < 4.78 is 2.57. The zero-order valence-electron chi connectivity index (χ0n) is 9.89. The summed E-state index contributed by atoms with van der Waals surface area (Å²) in [5, 5.41) is 0. The van der Waals surface area contributed by atoms with Gasteiger partial charge in [0, 0.05) is 38.2 Å². The summed E-state index contributed by atoms with van der Waals surface area (Å²) >= 11 is 0. The lowest BCUT2D eigenvalue weighted by Crippen LogP contribution is -2.38. The molecule has 1 atom stereocenters. The lowest BCUT2D eigenvalue weighted by atomic mass is 10.0. The van der Waals surface area contributed by atoms with Gasteiger partial charge in [-0.05, 0) is 19.3 Å². The number of nitrogens with zero attached hydrogens (tertiary/aromatic N) is 2. The molecule has 1 aliphatic rings. The number of aryl methyl sites for hydroxylation is 1. The Bertz CT molecular complexity index is 541. The molecule has 5 nitrogen and oxygen atoms in total. The Kier molecular flexibility index (Phi) is 3.26. The van der Waals surface area contributed by atoms with Crippen molar-refractivity contribution >= 4 is 5.78 Å². The number of ketones is 1. The largest absolute Gasteiger partial charge is 0.330 e. The molecule has 17 heavy (non-hydrogen) atoms. The van der Waals surface area contributed by atoms with Gasteiger partial charge in [-0.15, -0.1) is 0 Å². The average molecular weight is 236 g/mol. The average Bonchev–Trinajstić information content (AvgIpc) is 2.70. The Labute approximate surface area is 98.7 Å². The van der Waals surface area contributed by atoms with Gasteiger partial charge in [-0.25, -0.2) is 4.79 Å². The summed E-state index contributed by atoms with van der Waals surface area (Å²) in [5.74, 6) is 0.303. The molecule has 0 saturated heterocycles. The van der Waals surface area contributed by atoms with E-state index in [9.17, 15) is 14.4 Å². The predicted molar refractivity (Wildman–Crippen MR) is 62.9 cm³/mol. The molecule has 0 bridgehead atoms. The lowest BCUT2D eigenvalue weighted by molar-refractivity contribution is -0.120. The van der Waals surface area contributed by atoms with Crippen LogP contribution < -0.4 is 11.2 Å². The third-order valence-corrected chi connectivity index (χ3v) is 3.37. The van der Waals surface area contributed by atoms with Crippen LogP contribution in [0.4, 0.5) is 0 Å². The molecular formula is C12H16N2O3. The molecule has 1 fully saturated rings. The van der Waals surface area contributed by atoms with E-state index in [1.807, 2.05) is 0 Å². The minimum absolute atomic E-state index is 0.0341. The third-order valence-electron chi connectivity index (χ3n) is 3.37. The second-order valence-electron chi connectivity index (χ2n) is 4.54. The summed E-state index contributed by atoms with van der Waals surface area (Å²) in [6, 6.07) is 1.37. The Hall–Kier alpha value is -1.65. The fourth-order valence-corrected chi connectivity index (χ4v) is 2.30. The second-order valence-corrected chi connectivity index (χ2v) is 4.54. The standard InChI is InChI=1S/C12H16N2O3/c1-13-7-6-11(16)14(12(13)17)8-5-9-3-2-4-10(9)15/h6-7,9H,2-5,8H2,1H3. The van der Waals surface area contributed by atoms with Gasteiger partial charge in [0.15, 0.2) is 0 Å². The highest BCUT2D eigenvalue weighted by Crippen LogP contribution is 2.24. The molecule has 0 aliphatic heterocycles. The maximum atomic E-state index is 11.7. The Morgan fingerprint density at radius 3 is 2.76 bits per heavy atom. The first kappa shape index (κ1) is 11.8. The van der Waals surface area contributed by atoms with Gasteiger partial charge in [0.05, 0.1) is 0 Å². The van der Waals surface area contributed by atoms with Crippen molar-refractivity contribution in [3.05, 3.63) is 33.1 Å². The van der Waals surface area contributed by atoms with Crippen LogP contribution in [0.25, 0.3) is 0 Å². The van der Waals surface area contributed by atoms with Crippen molar-refractivity contribution in [2.45, 2.75) is 32.2 Å². The molecule has 0 N–H and O–H groups in total. The quantitative estimate of drug-likeness (QED) is 0.758. The SMILES string of the molecule is Cn1ccc(=O)n(CCC2CCCC2=O)c1=O. The Balaban J connectivity index is 2.14. The molecule has 1 heterocycles. The zero-order valence-corrected chi connectivity index (χ0v) is 9.89. The molecule has 0 spiro atoms. The molecule has 1 saturated carbocycles. The predicted octanol–water partition coefficient (Wildman–Crippen LogP) is 0.306. The van der Waals surface area contributed by atoms with Gasteiger partial charge < -0.3 is 4.57 Å². The van der Waals surface area contributed by atoms with Crippen molar-refractivity contribution in [3.8, 4) is 0 Å². The van der Waals surface area contributed by atoms with Crippen LogP contribution in [0.2, 0.25) is 0 Å². The summed E-state index contributed by atoms with van der Waals surface area (Å²) in [7, 11) is 1.61. The molecule has 0 amide bonds. The van der Waals surface area contributed by atoms with Crippen molar-refractivity contribution in [1.29, 1.82) is 0 Å². The summed E-state index contributed by atoms with van der Waals surface area (Å²) in [5.41, 5.74) is -0.610. The first-order valence-corrected chi connectivity index (χ1v) is 5.89. The fraction of sp³-hybridized carbons (Fsp3) is 0.583. The number of hydrogen-bond donors (Lipinski definition) is 0. The van der Waals surface area contributed by atoms with Gasteiger partial charge in [0.2, 0.25) is 0 Å². The number of carbonyl (C=O) groups is 1. The highest BCUT2D eigenvalue weighted by Gasteiger charge is 2.24. The minimum Gasteiger partial charge on any atom is -0.303 e. The van der Waals surface area contributed by atoms with Crippen molar-refractivity contribution in [2.24, 2.45) is 13.0 Å². The van der Waals surface area contributed by atoms with E-state index >= 15 is 0 Å². The molecular weight excluding hydrogens is 220 g/mol. The summed E-state index contributed by atoms with van der Waals surface area (Å²) in [6.45, 7) is 0.336. The number of carbonyl (C=O) groups excluding carboxylic acids is 1. The smallest absolute Gasteiger partial charge is 0.303 e. The van der Waals surface area contributed by atoms with Crippen LogP contribution in [0.5, 0.6) is 0 Å². The molecule has 92 valence electrons. The summed E-state index contributed by atoms with van der Waals surface area (Å²) in [4.78, 5) is 34.7. The van der Waals surface area contributed by atoms with Crippen LogP contribution in [0.15, 0.2) is 21.9 Å². The maximum absolute atomic E-state index is 11.7. The Morgan fingerprint density at radius 1 is 1.35 bits per heavy atom. The van der Waals surface area contributed by atoms with Gasteiger partial charge in [-0.2, -0.15) is 0 Å². The van der Waals surface area contributed by atoms with Crippen LogP contribution in [-0.2, 0) is 18.4 Å². The molecule has 0 aromatic carbocycles. The number of aromatic nitrogens is 2. The fourth-order valence-electron chi connectivity index (χ4n) is 2.30. The molecule has 5 heteroatoms. The van der Waals surface area contributed by atoms with E-state index < -0.39 is 0 Å². The minimum atomic E-state index is -0.317. The first-order valence-electron chi connectivity index (χ1n) is 5.89. The Morgan fingerprint density at radius 2 is 2.12 bits per heavy atom. The monoisotopic (exact) mass is 236 g/mol. The number of rotatable bonds is 3. The van der Waals surface area contributed by atoms with E-state index in [0.29, 0.717) is 19.4 Å². The second kappa shape index (κ2) is 4.69. The van der Waals surface area contributed by atoms with Gasteiger partial charge >= 0.3 is 5.69 Å². The van der Waals surface area contributed by atoms with Gasteiger partial charge in [-0.3, -0.25) is 14.2 Å². The van der Waals surface area contributed by atoms with Crippen LogP contribution in [0, 0.1) is 5.92 Å². The first-order chi connectivity index (χ1) is 8.09. The molecule has 1 aromatic heterocycles. The third kappa shape index (κ3) is 2.38. The molecule has 0 radical (unpaired) electrons. The van der Waals surface area contributed by atoms with E-state index in [-0.39, 0.29) is 23.0 Å². The normalized spacial score (nSPS) is 19.8. The highest BCUT2D eigenvalue weighted by atomic mass is 16.2. The van der Waals surface area contributed by atoms with E-state index in [1.165, 1.54) is 21.4 Å². The van der Waals surface area contributed by atoms with E-state index in [1.54, 1.807) is 7.05 Å². The summed E-state index contributed by atoms with van der Waals surface area (Å²) in [6.07, 6.45) is 4.53. The van der Waals surface area contributed by atoms with E-state index in [0.717, 1.165) is 12.8 Å². The lowest BCUT2D eigenvalue weighted by Gasteiger charge is -2.09. The zero-order chi connectivity index (χ0) is 12.4. The van der Waals surface area contributed by atoms with E-state index in [2.05, 4.69) is 0 Å². The van der Waals surface area contributed by atoms with Gasteiger partial charge in [-0.1, -0.05) is 0 Å². The molecule has 1 unspecified atom stereocenters. The van der Waals surface area contributed by atoms with Crippen molar-refractivity contribution in [2.75, 3.05) is 0 Å². The van der Waals surface area contributed by atoms with E-state index in [4.69, 9.17) is 0 Å². The molecule has 1 aromatic rings. The number of Topliss-reactive ketones (excluding diaryl/α,β-unsaturated/α-hetero) is 1. The maximum Gasteiger partial charge on any atom is 0.330 e. The van der Waals surface area contributed by atoms with Crippen LogP contribution in [0.3, 0.4) is 0 Å². The van der Waals surface area contributed by atoms with Crippen molar-refractivity contribution < 1.29 is 4.79 Å². The van der Waals surface area contributed by atoms with Crippen LogP contribution >= 0.6 is 0 Å². The molecule has 2 rings (SSSR count). The van der Waals surface area contributed by atoms with Gasteiger partial charge in [0.25, 0.3) is 5.56 Å². The molecule has 1 aliphatic carbocycles. The highest BCUT2D eigenvalue weighted by molar-refractivity contribution is 5.82. The van der Waals surface area contributed by atoms with Gasteiger partial charge in [0.1, 0.15) is 5.78 Å². The van der Waals surface area contributed by atoms with Crippen LogP contribution in [0.1, 0.15) is 25.7 Å². The van der Waals surface area contributed by atoms with Crippen molar-refractivity contribution in [3.63, 3.8) is 0 Å². The van der Waals surface area contributed by atoms with Crippen molar-refractivity contribution in [1.82, 2.24) is 9.13 Å². The topological polar surface area (TPSA) is 61.1 Å². The van der Waals surface area contributed by atoms with Crippen LogP contribution in [-0.4, -0.2) is 14.9 Å². The number of hydrogen-bond acceptors (Lipinski definition) is 3.